The van der Waals surface area contributed by atoms with Gasteiger partial charge in [-0.2, -0.15) is 0 Å². The van der Waals surface area contributed by atoms with E-state index >= 15 is 0 Å². The van der Waals surface area contributed by atoms with Crippen LogP contribution in [0.3, 0.4) is 0 Å². The van der Waals surface area contributed by atoms with E-state index in [1.807, 2.05) is 59.7 Å². The maximum atomic E-state index is 14.7. The normalized spacial score (nSPS) is 18.2. The first-order valence-corrected chi connectivity index (χ1v) is 28.2. The van der Waals surface area contributed by atoms with Gasteiger partial charge in [0, 0.05) is 40.0 Å². The number of nitrogens with one attached hydrogen (secondary N) is 5. The molecule has 3 rings (SSSR count). The third-order valence-corrected chi connectivity index (χ3v) is 15.4. The second-order valence-corrected chi connectivity index (χ2v) is 22.4. The Morgan fingerprint density at radius 1 is 0.787 bits per heavy atom. The second kappa shape index (κ2) is 33.2. The molecule has 13 atom stereocenters. The molecule has 0 spiro atoms. The average Bonchev–Trinajstić information content (AvgIpc) is 3.91. The number of nitrogens with zero attached hydrogens (tertiary/aromatic N) is 3. The molecule has 1 aliphatic heterocycles. The Morgan fingerprint density at radius 3 is 1.98 bits per heavy atom. The van der Waals surface area contributed by atoms with Crippen molar-refractivity contribution in [3.05, 3.63) is 65.7 Å². The van der Waals surface area contributed by atoms with Crippen molar-refractivity contribution < 1.29 is 58.0 Å². The number of ether oxygens (including phenoxy) is 3. The van der Waals surface area contributed by atoms with E-state index in [0.717, 1.165) is 0 Å². The van der Waals surface area contributed by atoms with Crippen molar-refractivity contribution in [2.45, 2.75) is 181 Å². The van der Waals surface area contributed by atoms with Crippen LogP contribution in [0.25, 0.3) is 0 Å². The molecule has 0 aromatic heterocycles. The molecule has 0 saturated carbocycles. The number of carbonyl (C=O) groups is 7. The maximum absolute atomic E-state index is 14.7. The SMILES string of the molecule is CC[C@H](C)[C@@H]([C@@H](CC(=O)N1CCC[C@H]1[C@H](OC)[C@@H](C)C(=O)N[C@H](C)[C@@H](O)c1ccccc1)OC)N(C)C(=O)[C@@H](NC(=O)[C@H](C(C)C)N(C)C(O)OCc1ccc(NC(=O)[C@H](CCCNC(N)=O)NC(=O)[C@@H](N)C(C)C)cc1)C(C)C. The Labute approximate surface area is 474 Å². The number of likely N-dealkylation sites (N-methyl/N-ethyl adjacent to an activating group) is 2. The molecular weight excluding hydrogens is 1030 g/mol. The van der Waals surface area contributed by atoms with Gasteiger partial charge >= 0.3 is 6.03 Å². The van der Waals surface area contributed by atoms with Crippen LogP contribution in [0.1, 0.15) is 125 Å². The molecule has 0 bridgehead atoms. The highest BCUT2D eigenvalue weighted by atomic mass is 16.6. The van der Waals surface area contributed by atoms with E-state index in [0.29, 0.717) is 49.0 Å². The van der Waals surface area contributed by atoms with Gasteiger partial charge in [-0.3, -0.25) is 28.8 Å². The molecule has 0 aliphatic carbocycles. The second-order valence-electron chi connectivity index (χ2n) is 22.4. The fourth-order valence-corrected chi connectivity index (χ4v) is 10.3. The summed E-state index contributed by atoms with van der Waals surface area (Å²) in [5, 5.41) is 36.2. The minimum atomic E-state index is -1.55. The van der Waals surface area contributed by atoms with Crippen LogP contribution < -0.4 is 38.1 Å². The van der Waals surface area contributed by atoms with Gasteiger partial charge in [0.05, 0.1) is 67.5 Å². The van der Waals surface area contributed by atoms with Crippen LogP contribution in [0.5, 0.6) is 0 Å². The number of carbonyl (C=O) groups excluding carboxylic acids is 7. The summed E-state index contributed by atoms with van der Waals surface area (Å²) in [6.07, 6.45) is -1.43. The first kappa shape index (κ1) is 68.5. The van der Waals surface area contributed by atoms with E-state index in [2.05, 4.69) is 26.6 Å². The van der Waals surface area contributed by atoms with Crippen molar-refractivity contribution >= 4 is 47.2 Å². The Balaban J connectivity index is 1.70. The standard InChI is InChI=1S/C58H96N10O12/c1-15-36(8)49(44(78-13)31-45(69)68-30-20-24-43(68)51(79-14)37(9)52(71)62-38(10)50(70)40-21-17-16-18-22-40)66(11)56(75)47(34(4)5)65-55(74)48(35(6)7)67(12)58(77)80-32-39-25-27-41(28-26-39)63-53(72)42(23-19-29-61-57(60)76)64-54(73)46(59)33(2)3/h16-18,21-22,25-28,33-38,42-44,46-51,58,70,77H,15,19-20,23-24,29-32,59H2,1-14H3,(H,62,71)(H,63,72)(H,64,73)(H,65,74)(H3,60,61,76)/t36-,37+,38+,42-,43-,44+,46-,47-,48-,49-,50+,51+,58?/m0/s1. The summed E-state index contributed by atoms with van der Waals surface area (Å²) >= 11 is 0. The molecular formula is C58H96N10O12. The molecule has 1 aliphatic rings. The van der Waals surface area contributed by atoms with Gasteiger partial charge in [-0.1, -0.05) is 111 Å². The van der Waals surface area contributed by atoms with E-state index in [4.69, 9.17) is 25.7 Å². The van der Waals surface area contributed by atoms with Crippen molar-refractivity contribution in [1.29, 1.82) is 0 Å². The zero-order valence-corrected chi connectivity index (χ0v) is 49.8. The van der Waals surface area contributed by atoms with E-state index in [9.17, 15) is 43.8 Å². The van der Waals surface area contributed by atoms with Crippen molar-refractivity contribution in [3.63, 3.8) is 0 Å². The van der Waals surface area contributed by atoms with Crippen molar-refractivity contribution in [2.75, 3.05) is 46.7 Å². The van der Waals surface area contributed by atoms with Crippen LogP contribution in [0.4, 0.5) is 10.5 Å². The third-order valence-electron chi connectivity index (χ3n) is 15.4. The Bertz CT molecular complexity index is 2280. The monoisotopic (exact) mass is 1120 g/mol. The van der Waals surface area contributed by atoms with E-state index in [-0.39, 0.29) is 67.4 Å². The molecule has 22 heteroatoms. The quantitative estimate of drug-likeness (QED) is 0.0365. The number of methoxy groups -OCH3 is 2. The van der Waals surface area contributed by atoms with Crippen LogP contribution in [0.2, 0.25) is 0 Å². The highest BCUT2D eigenvalue weighted by Gasteiger charge is 2.44. The minimum absolute atomic E-state index is 0.0650. The van der Waals surface area contributed by atoms with Crippen molar-refractivity contribution in [2.24, 2.45) is 41.1 Å². The summed E-state index contributed by atoms with van der Waals surface area (Å²) in [4.78, 5) is 99.2. The number of benzene rings is 2. The molecule has 22 nitrogen and oxygen atoms in total. The Kier molecular flexibility index (Phi) is 28.5. The van der Waals surface area contributed by atoms with E-state index in [1.165, 1.54) is 19.1 Å². The fraction of sp³-hybridized carbons (Fsp3) is 0.672. The lowest BCUT2D eigenvalue weighted by molar-refractivity contribution is -0.208. The molecule has 450 valence electrons. The van der Waals surface area contributed by atoms with Gasteiger partial charge in [0.1, 0.15) is 12.1 Å². The highest BCUT2D eigenvalue weighted by Crippen LogP contribution is 2.30. The van der Waals surface area contributed by atoms with Crippen LogP contribution in [0.15, 0.2) is 54.6 Å². The number of anilines is 1. The zero-order chi connectivity index (χ0) is 60.1. The third kappa shape index (κ3) is 19.8. The first-order valence-electron chi connectivity index (χ1n) is 28.2. The number of hydrogen-bond acceptors (Lipinski definition) is 14. The number of rotatable bonds is 33. The summed E-state index contributed by atoms with van der Waals surface area (Å²) in [7, 11) is 6.25. The van der Waals surface area contributed by atoms with Gasteiger partial charge in [-0.05, 0) is 86.6 Å². The molecule has 11 N–H and O–H groups in total. The molecule has 0 radical (unpaired) electrons. The molecule has 1 saturated heterocycles. The topological polar surface area (TPSA) is 310 Å². The minimum Gasteiger partial charge on any atom is -0.386 e. The summed E-state index contributed by atoms with van der Waals surface area (Å²) in [5.74, 6) is -4.10. The zero-order valence-electron chi connectivity index (χ0n) is 49.8. The summed E-state index contributed by atoms with van der Waals surface area (Å²) in [5.41, 5.74) is 12.9. The number of likely N-dealkylation sites (tertiary alicyclic amines) is 1. The molecule has 8 amide bonds. The number of aliphatic hydroxyl groups excluding tert-OH is 2. The van der Waals surface area contributed by atoms with E-state index < -0.39 is 96.7 Å². The lowest BCUT2D eigenvalue weighted by Crippen LogP contribution is -2.60. The number of amides is 8. The number of urea groups is 1. The average molecular weight is 1130 g/mol. The fourth-order valence-electron chi connectivity index (χ4n) is 10.3. The molecule has 2 aromatic rings. The first-order chi connectivity index (χ1) is 37.7. The molecule has 1 fully saturated rings. The largest absolute Gasteiger partial charge is 0.386 e. The Morgan fingerprint density at radius 2 is 1.43 bits per heavy atom. The van der Waals surface area contributed by atoms with Crippen LogP contribution in [-0.4, -0.2) is 169 Å². The highest BCUT2D eigenvalue weighted by molar-refractivity contribution is 5.98. The number of nitrogens with two attached hydrogens (primary N) is 2. The molecule has 2 aromatic carbocycles. The summed E-state index contributed by atoms with van der Waals surface area (Å²) in [6.45, 7) is 18.9. The number of hydrogen-bond donors (Lipinski definition) is 9. The lowest BCUT2D eigenvalue weighted by Gasteiger charge is -2.41. The maximum Gasteiger partial charge on any atom is 0.312 e. The van der Waals surface area contributed by atoms with Gasteiger partial charge in [0.2, 0.25) is 41.9 Å². The van der Waals surface area contributed by atoms with Gasteiger partial charge < -0.3 is 72.3 Å². The van der Waals surface area contributed by atoms with E-state index in [1.54, 1.807) is 88.0 Å². The van der Waals surface area contributed by atoms with Gasteiger partial charge in [-0.25, -0.2) is 9.69 Å². The molecule has 1 heterocycles. The van der Waals surface area contributed by atoms with Crippen molar-refractivity contribution in [1.82, 2.24) is 36.0 Å². The van der Waals surface area contributed by atoms with Crippen molar-refractivity contribution in [3.8, 4) is 0 Å². The number of aliphatic hydroxyl groups is 2. The molecule has 1 unspecified atom stereocenters. The van der Waals surface area contributed by atoms with Gasteiger partial charge in [-0.15, -0.1) is 0 Å². The smallest absolute Gasteiger partial charge is 0.312 e. The van der Waals surface area contributed by atoms with Crippen LogP contribution in [-0.2, 0) is 49.6 Å². The van der Waals surface area contributed by atoms with Gasteiger partial charge in [0.15, 0.2) is 0 Å². The van der Waals surface area contributed by atoms with Crippen LogP contribution in [0, 0.1) is 29.6 Å². The van der Waals surface area contributed by atoms with Gasteiger partial charge in [0.25, 0.3) is 0 Å². The predicted octanol–water partition coefficient (Wildman–Crippen LogP) is 3.59. The van der Waals surface area contributed by atoms with Crippen LogP contribution >= 0.6 is 0 Å². The predicted molar refractivity (Wildman–Crippen MR) is 306 cm³/mol. The Hall–Kier alpha value is -5.75. The lowest BCUT2D eigenvalue weighted by atomic mass is 9.89. The number of primary amides is 1. The molecule has 80 heavy (non-hydrogen) atoms. The summed E-state index contributed by atoms with van der Waals surface area (Å²) < 4.78 is 17.9. The summed E-state index contributed by atoms with van der Waals surface area (Å²) in [6, 6.07) is 9.70.